The summed E-state index contributed by atoms with van der Waals surface area (Å²) in [5.74, 6) is -0.845. The van der Waals surface area contributed by atoms with Crippen LogP contribution in [0.25, 0.3) is 0 Å². The molecule has 0 bridgehead atoms. The lowest BCUT2D eigenvalue weighted by molar-refractivity contribution is -0.144. The highest BCUT2D eigenvalue weighted by atomic mass is 16.4. The largest absolute Gasteiger partial charge is 0.480 e. The average molecular weight is 250 g/mol. The van der Waals surface area contributed by atoms with E-state index in [1.165, 1.54) is 0 Å². The van der Waals surface area contributed by atoms with E-state index >= 15 is 0 Å². The van der Waals surface area contributed by atoms with Crippen molar-refractivity contribution in [1.29, 1.82) is 0 Å². The number of benzene rings is 1. The second kappa shape index (κ2) is 5.95. The maximum Gasteiger partial charge on any atom is 0.322 e. The van der Waals surface area contributed by atoms with Gasteiger partial charge < -0.3 is 15.5 Å². The Morgan fingerprint density at radius 3 is 2.83 bits per heavy atom. The molecular formula is C13H18N2O3. The Morgan fingerprint density at radius 2 is 2.17 bits per heavy atom. The Hall–Kier alpha value is -1.43. The molecule has 0 spiro atoms. The normalized spacial score (nSPS) is 22.6. The van der Waals surface area contributed by atoms with Crippen LogP contribution in [0.1, 0.15) is 11.7 Å². The van der Waals surface area contributed by atoms with Gasteiger partial charge in [0.1, 0.15) is 6.04 Å². The SMILES string of the molecule is O=C(O)C1CNCCN1CC(O)c1ccccc1. The monoisotopic (exact) mass is 250 g/mol. The van der Waals surface area contributed by atoms with Gasteiger partial charge >= 0.3 is 5.97 Å². The Labute approximate surface area is 106 Å². The lowest BCUT2D eigenvalue weighted by atomic mass is 10.1. The standard InChI is InChI=1S/C13H18N2O3/c16-12(10-4-2-1-3-5-10)9-15-7-6-14-8-11(15)13(17)18/h1-5,11-12,14,16H,6-9H2,(H,17,18). The summed E-state index contributed by atoms with van der Waals surface area (Å²) in [6.45, 7) is 2.17. The number of aliphatic hydroxyl groups excluding tert-OH is 1. The van der Waals surface area contributed by atoms with Crippen molar-refractivity contribution in [2.45, 2.75) is 12.1 Å². The van der Waals surface area contributed by atoms with E-state index in [1.807, 2.05) is 35.2 Å². The number of piperazine rings is 1. The molecule has 98 valence electrons. The molecule has 0 aromatic heterocycles. The van der Waals surface area contributed by atoms with Crippen molar-refractivity contribution < 1.29 is 15.0 Å². The van der Waals surface area contributed by atoms with Crippen molar-refractivity contribution in [3.63, 3.8) is 0 Å². The van der Waals surface area contributed by atoms with E-state index in [4.69, 9.17) is 5.11 Å². The second-order valence-electron chi connectivity index (χ2n) is 4.48. The highest BCUT2D eigenvalue weighted by Crippen LogP contribution is 2.16. The molecule has 2 unspecified atom stereocenters. The van der Waals surface area contributed by atoms with E-state index in [-0.39, 0.29) is 0 Å². The molecule has 0 radical (unpaired) electrons. The van der Waals surface area contributed by atoms with Gasteiger partial charge in [0, 0.05) is 26.2 Å². The molecule has 2 rings (SSSR count). The van der Waals surface area contributed by atoms with Crippen molar-refractivity contribution in [3.05, 3.63) is 35.9 Å². The maximum absolute atomic E-state index is 11.1. The number of nitrogens with one attached hydrogen (secondary N) is 1. The molecule has 1 fully saturated rings. The molecule has 1 aliphatic heterocycles. The molecule has 5 nitrogen and oxygen atoms in total. The number of aliphatic carboxylic acids is 1. The number of carboxylic acids is 1. The lowest BCUT2D eigenvalue weighted by Gasteiger charge is -2.34. The first-order chi connectivity index (χ1) is 8.68. The summed E-state index contributed by atoms with van der Waals surface area (Å²) in [6, 6.07) is 8.76. The van der Waals surface area contributed by atoms with Gasteiger partial charge in [-0.1, -0.05) is 30.3 Å². The minimum atomic E-state index is -0.845. The zero-order valence-corrected chi connectivity index (χ0v) is 10.1. The predicted octanol–water partition coefficient (Wildman–Crippen LogP) is 0.0784. The van der Waals surface area contributed by atoms with Gasteiger partial charge in [0.05, 0.1) is 6.10 Å². The molecule has 1 aliphatic rings. The summed E-state index contributed by atoms with van der Waals surface area (Å²) in [4.78, 5) is 12.9. The molecule has 5 heteroatoms. The molecular weight excluding hydrogens is 232 g/mol. The zero-order chi connectivity index (χ0) is 13.0. The number of carbonyl (C=O) groups is 1. The summed E-state index contributed by atoms with van der Waals surface area (Å²) >= 11 is 0. The van der Waals surface area contributed by atoms with Crippen LogP contribution in [0.15, 0.2) is 30.3 Å². The summed E-state index contributed by atoms with van der Waals surface area (Å²) in [5.41, 5.74) is 0.820. The highest BCUT2D eigenvalue weighted by Gasteiger charge is 2.29. The van der Waals surface area contributed by atoms with Crippen LogP contribution in [0, 0.1) is 0 Å². The van der Waals surface area contributed by atoms with E-state index in [9.17, 15) is 9.90 Å². The van der Waals surface area contributed by atoms with Crippen LogP contribution < -0.4 is 5.32 Å². The summed E-state index contributed by atoms with van der Waals surface area (Å²) in [7, 11) is 0. The van der Waals surface area contributed by atoms with Gasteiger partial charge in [-0.25, -0.2) is 0 Å². The van der Waals surface area contributed by atoms with E-state index in [0.29, 0.717) is 19.6 Å². The average Bonchev–Trinajstić information content (AvgIpc) is 2.40. The minimum absolute atomic E-state index is 0.350. The van der Waals surface area contributed by atoms with Crippen LogP contribution in [0.2, 0.25) is 0 Å². The number of aliphatic hydroxyl groups is 1. The number of rotatable bonds is 4. The molecule has 0 saturated carbocycles. The van der Waals surface area contributed by atoms with Crippen LogP contribution in [-0.4, -0.2) is 53.3 Å². The van der Waals surface area contributed by atoms with Crippen LogP contribution in [0.5, 0.6) is 0 Å². The number of β-amino-alcohol motifs (C(OH)–C–C–N with tert-alkyl or cyclic N) is 1. The molecule has 1 aromatic carbocycles. The van der Waals surface area contributed by atoms with Crippen molar-refractivity contribution in [3.8, 4) is 0 Å². The lowest BCUT2D eigenvalue weighted by Crippen LogP contribution is -2.55. The third-order valence-corrected chi connectivity index (χ3v) is 3.23. The first-order valence-corrected chi connectivity index (χ1v) is 6.09. The fraction of sp³-hybridized carbons (Fsp3) is 0.462. The fourth-order valence-electron chi connectivity index (χ4n) is 2.21. The number of hydrogen-bond acceptors (Lipinski definition) is 4. The van der Waals surface area contributed by atoms with E-state index < -0.39 is 18.1 Å². The van der Waals surface area contributed by atoms with E-state index in [1.54, 1.807) is 0 Å². The van der Waals surface area contributed by atoms with Gasteiger partial charge in [-0.05, 0) is 5.56 Å². The third kappa shape index (κ3) is 3.07. The van der Waals surface area contributed by atoms with Crippen LogP contribution >= 0.6 is 0 Å². The van der Waals surface area contributed by atoms with E-state index in [0.717, 1.165) is 12.1 Å². The highest BCUT2D eigenvalue weighted by molar-refractivity contribution is 5.74. The van der Waals surface area contributed by atoms with Crippen LogP contribution in [0.3, 0.4) is 0 Å². The number of carboxylic acid groups (broad SMARTS) is 1. The number of nitrogens with zero attached hydrogens (tertiary/aromatic N) is 1. The minimum Gasteiger partial charge on any atom is -0.480 e. The third-order valence-electron chi connectivity index (χ3n) is 3.23. The molecule has 2 atom stereocenters. The Balaban J connectivity index is 2.01. The smallest absolute Gasteiger partial charge is 0.322 e. The van der Waals surface area contributed by atoms with Gasteiger partial charge in [0.25, 0.3) is 0 Å². The quantitative estimate of drug-likeness (QED) is 0.706. The van der Waals surface area contributed by atoms with Gasteiger partial charge in [-0.3, -0.25) is 9.69 Å². The summed E-state index contributed by atoms with van der Waals surface area (Å²) in [6.07, 6.45) is -0.647. The first-order valence-electron chi connectivity index (χ1n) is 6.09. The molecule has 1 saturated heterocycles. The molecule has 3 N–H and O–H groups in total. The van der Waals surface area contributed by atoms with Gasteiger partial charge in [0.15, 0.2) is 0 Å². The van der Waals surface area contributed by atoms with Crippen LogP contribution in [-0.2, 0) is 4.79 Å². The van der Waals surface area contributed by atoms with Crippen molar-refractivity contribution in [2.24, 2.45) is 0 Å². The molecule has 18 heavy (non-hydrogen) atoms. The van der Waals surface area contributed by atoms with Crippen LogP contribution in [0.4, 0.5) is 0 Å². The molecule has 0 amide bonds. The fourth-order valence-corrected chi connectivity index (χ4v) is 2.21. The van der Waals surface area contributed by atoms with Crippen molar-refractivity contribution in [2.75, 3.05) is 26.2 Å². The number of hydrogen-bond donors (Lipinski definition) is 3. The van der Waals surface area contributed by atoms with Crippen molar-refractivity contribution in [1.82, 2.24) is 10.2 Å². The van der Waals surface area contributed by atoms with E-state index in [2.05, 4.69) is 5.32 Å². The summed E-state index contributed by atoms with van der Waals surface area (Å²) in [5, 5.41) is 22.3. The van der Waals surface area contributed by atoms with Gasteiger partial charge in [0.2, 0.25) is 0 Å². The molecule has 1 heterocycles. The Morgan fingerprint density at radius 1 is 1.44 bits per heavy atom. The Kier molecular flexibility index (Phi) is 4.30. The second-order valence-corrected chi connectivity index (χ2v) is 4.48. The van der Waals surface area contributed by atoms with Gasteiger partial charge in [-0.15, -0.1) is 0 Å². The Bertz CT molecular complexity index is 396. The topological polar surface area (TPSA) is 72.8 Å². The zero-order valence-electron chi connectivity index (χ0n) is 10.1. The molecule has 0 aliphatic carbocycles. The maximum atomic E-state index is 11.1. The summed E-state index contributed by atoms with van der Waals surface area (Å²) < 4.78 is 0. The molecule has 1 aromatic rings. The predicted molar refractivity (Wildman–Crippen MR) is 67.3 cm³/mol. The van der Waals surface area contributed by atoms with Gasteiger partial charge in [-0.2, -0.15) is 0 Å². The van der Waals surface area contributed by atoms with Crippen molar-refractivity contribution >= 4 is 5.97 Å². The first kappa shape index (κ1) is 13.0.